The van der Waals surface area contributed by atoms with Crippen LogP contribution in [-0.2, 0) is 23.2 Å². The second-order valence-corrected chi connectivity index (χ2v) is 17.9. The number of hydrogen-bond donors (Lipinski definition) is 1. The van der Waals surface area contributed by atoms with Crippen molar-refractivity contribution in [2.75, 3.05) is 21.3 Å². The largest absolute Gasteiger partial charge is 0.496 e. The second-order valence-electron chi connectivity index (χ2n) is 9.15. The van der Waals surface area contributed by atoms with Crippen LogP contribution in [0, 0.1) is 0 Å². The zero-order valence-corrected chi connectivity index (χ0v) is 22.1. The van der Waals surface area contributed by atoms with Crippen LogP contribution >= 0.6 is 0 Å². The predicted octanol–water partition coefficient (Wildman–Crippen LogP) is 5.35. The molecule has 0 aromatic heterocycles. The predicted molar refractivity (Wildman–Crippen MR) is 131 cm³/mol. The van der Waals surface area contributed by atoms with Crippen molar-refractivity contribution >= 4 is 16.6 Å². The number of rotatable bonds is 12. The summed E-state index contributed by atoms with van der Waals surface area (Å²) in [6, 6.07) is 14.3. The molecule has 0 atom stereocenters. The highest BCUT2D eigenvalue weighted by Gasteiger charge is 2.33. The molecule has 5 nitrogen and oxygen atoms in total. The highest BCUT2D eigenvalue weighted by molar-refractivity contribution is 6.84. The molecule has 0 bridgehead atoms. The number of aliphatic hydroxyl groups excluding tert-OH is 1. The molecular weight excluding hydrogens is 424 g/mol. The Morgan fingerprint density at radius 3 is 1.97 bits per heavy atom. The van der Waals surface area contributed by atoms with Crippen molar-refractivity contribution in [2.45, 2.75) is 57.7 Å². The van der Waals surface area contributed by atoms with Crippen LogP contribution < -0.4 is 14.2 Å². The summed E-state index contributed by atoms with van der Waals surface area (Å²) in [7, 11) is 1.27. The Hall–Kier alpha value is -1.81. The van der Waals surface area contributed by atoms with Gasteiger partial charge in [0, 0.05) is 5.56 Å². The fraction of sp³-hybridized carbons (Fsp3) is 0.500. The second kappa shape index (κ2) is 11.2. The fourth-order valence-electron chi connectivity index (χ4n) is 4.15. The maximum absolute atomic E-state index is 9.60. The first kappa shape index (κ1) is 25.5. The Morgan fingerprint density at radius 2 is 1.35 bits per heavy atom. The average Bonchev–Trinajstić information content (AvgIpc) is 2.72. The van der Waals surface area contributed by atoms with E-state index in [0.29, 0.717) is 0 Å². The van der Waals surface area contributed by atoms with Crippen molar-refractivity contribution in [3.63, 3.8) is 0 Å². The molecule has 7 heteroatoms. The average molecular weight is 463 g/mol. The zero-order chi connectivity index (χ0) is 23.1. The van der Waals surface area contributed by atoms with Gasteiger partial charge in [-0.3, -0.25) is 0 Å². The normalized spacial score (nSPS) is 12.0. The van der Waals surface area contributed by atoms with E-state index in [4.69, 9.17) is 18.3 Å². The summed E-state index contributed by atoms with van der Waals surface area (Å²) < 4.78 is 22.9. The maximum Gasteiger partial charge on any atom is 0.177 e. The number of ether oxygens (including phenoxy) is 3. The molecule has 0 unspecified atom stereocenters. The van der Waals surface area contributed by atoms with Gasteiger partial charge in [0.15, 0.2) is 28.1 Å². The van der Waals surface area contributed by atoms with Gasteiger partial charge in [-0.15, -0.1) is 0 Å². The van der Waals surface area contributed by atoms with Crippen molar-refractivity contribution in [3.05, 3.63) is 53.1 Å². The molecule has 0 heterocycles. The van der Waals surface area contributed by atoms with Gasteiger partial charge in [0.25, 0.3) is 0 Å². The third-order valence-electron chi connectivity index (χ3n) is 5.39. The van der Waals surface area contributed by atoms with E-state index < -0.39 is 16.6 Å². The van der Waals surface area contributed by atoms with E-state index >= 15 is 0 Å². The van der Waals surface area contributed by atoms with Crippen LogP contribution in [-0.4, -0.2) is 43.1 Å². The summed E-state index contributed by atoms with van der Waals surface area (Å²) in [5.74, 6) is 2.28. The van der Waals surface area contributed by atoms with E-state index in [1.54, 1.807) is 21.3 Å². The molecule has 2 aromatic carbocycles. The molecule has 0 aliphatic rings. The minimum Gasteiger partial charge on any atom is -0.496 e. The van der Waals surface area contributed by atoms with Crippen LogP contribution in [0.25, 0.3) is 0 Å². The van der Waals surface area contributed by atoms with Gasteiger partial charge < -0.3 is 23.4 Å². The van der Waals surface area contributed by atoms with Crippen molar-refractivity contribution in [3.8, 4) is 17.2 Å². The minimum absolute atomic E-state index is 0.0176. The quantitative estimate of drug-likeness (QED) is 0.431. The van der Waals surface area contributed by atoms with E-state index in [2.05, 4.69) is 44.4 Å². The minimum atomic E-state index is -1.90. The molecule has 0 spiro atoms. The molecule has 0 saturated heterocycles. The molecule has 0 aliphatic carbocycles. The van der Waals surface area contributed by atoms with Crippen molar-refractivity contribution in [1.29, 1.82) is 0 Å². The molecule has 0 saturated carbocycles. The van der Waals surface area contributed by atoms with Gasteiger partial charge in [0.05, 0.1) is 27.9 Å². The fourth-order valence-corrected chi connectivity index (χ4v) is 13.1. The molecule has 31 heavy (non-hydrogen) atoms. The summed E-state index contributed by atoms with van der Waals surface area (Å²) >= 11 is 0. The highest BCUT2D eigenvalue weighted by atomic mass is 28.4. The van der Waals surface area contributed by atoms with E-state index in [0.717, 1.165) is 47.7 Å². The summed E-state index contributed by atoms with van der Waals surface area (Å²) in [5.41, 5.74) is 3.29. The van der Waals surface area contributed by atoms with E-state index in [1.165, 1.54) is 11.1 Å². The summed E-state index contributed by atoms with van der Waals surface area (Å²) in [6.45, 7) is 9.21. The molecule has 0 aliphatic heterocycles. The van der Waals surface area contributed by atoms with Gasteiger partial charge in [-0.05, 0) is 86.5 Å². The molecule has 2 aromatic rings. The van der Waals surface area contributed by atoms with Crippen LogP contribution in [0.5, 0.6) is 17.2 Å². The summed E-state index contributed by atoms with van der Waals surface area (Å²) in [6.07, 6.45) is 2.09. The molecule has 2 rings (SSSR count). The van der Waals surface area contributed by atoms with Crippen molar-refractivity contribution in [2.24, 2.45) is 0 Å². The number of aryl methyl sites for hydroxylation is 1. The lowest BCUT2D eigenvalue weighted by Crippen LogP contribution is -2.46. The first-order valence-corrected chi connectivity index (χ1v) is 17.0. The van der Waals surface area contributed by atoms with Crippen molar-refractivity contribution < 1.29 is 23.4 Å². The number of hydrogen-bond acceptors (Lipinski definition) is 5. The molecule has 1 N–H and O–H groups in total. The van der Waals surface area contributed by atoms with Crippen LogP contribution in [0.4, 0.5) is 0 Å². The number of methoxy groups -OCH3 is 3. The smallest absolute Gasteiger partial charge is 0.177 e. The molecule has 0 radical (unpaired) electrons. The van der Waals surface area contributed by atoms with Crippen LogP contribution in [0.3, 0.4) is 0 Å². The lowest BCUT2D eigenvalue weighted by molar-refractivity contribution is 0.273. The highest BCUT2D eigenvalue weighted by Crippen LogP contribution is 2.29. The zero-order valence-electron chi connectivity index (χ0n) is 20.1. The van der Waals surface area contributed by atoms with Crippen LogP contribution in [0.15, 0.2) is 36.4 Å². The molecule has 0 amide bonds. The van der Waals surface area contributed by atoms with Crippen LogP contribution in [0.2, 0.25) is 32.2 Å². The number of aliphatic hydroxyl groups is 1. The van der Waals surface area contributed by atoms with Gasteiger partial charge in [-0.25, -0.2) is 0 Å². The van der Waals surface area contributed by atoms with Gasteiger partial charge in [0.2, 0.25) is 0 Å². The topological polar surface area (TPSA) is 57.2 Å². The van der Waals surface area contributed by atoms with Crippen LogP contribution in [0.1, 0.15) is 23.1 Å². The van der Waals surface area contributed by atoms with E-state index in [-0.39, 0.29) is 6.61 Å². The lowest BCUT2D eigenvalue weighted by atomic mass is 10.1. The first-order valence-electron chi connectivity index (χ1n) is 10.8. The van der Waals surface area contributed by atoms with Gasteiger partial charge in [-0.2, -0.15) is 0 Å². The van der Waals surface area contributed by atoms with E-state index in [1.807, 2.05) is 18.2 Å². The standard InChI is InChI=1S/C24H38O5Si2/c1-26-22-12-11-20(15-21(22)17-25)18-31(6,7)29-30(4,5)14-8-9-19-10-13-23(27-2)24(16-19)28-3/h10-13,15-16,25H,8-9,14,17-18H2,1-7H3. The maximum atomic E-state index is 9.60. The summed E-state index contributed by atoms with van der Waals surface area (Å²) in [4.78, 5) is 0. The first-order chi connectivity index (χ1) is 14.6. The lowest BCUT2D eigenvalue weighted by Gasteiger charge is -2.34. The van der Waals surface area contributed by atoms with Gasteiger partial charge >= 0.3 is 0 Å². The summed E-state index contributed by atoms with van der Waals surface area (Å²) in [5, 5.41) is 9.60. The Balaban J connectivity index is 1.94. The molecule has 172 valence electrons. The molecular formula is C24H38O5Si2. The monoisotopic (exact) mass is 462 g/mol. The number of benzene rings is 2. The van der Waals surface area contributed by atoms with Gasteiger partial charge in [-0.1, -0.05) is 12.1 Å². The van der Waals surface area contributed by atoms with E-state index in [9.17, 15) is 5.11 Å². The van der Waals surface area contributed by atoms with Gasteiger partial charge in [0.1, 0.15) is 5.75 Å². The molecule has 0 fully saturated rings. The Bertz CT molecular complexity index is 852. The third kappa shape index (κ3) is 7.68. The SMILES string of the molecule is COc1ccc(C[Si](C)(C)O[Si](C)(C)CCCc2ccc(OC)c(OC)c2)cc1CO. The third-order valence-corrected chi connectivity index (χ3v) is 12.6. The van der Waals surface area contributed by atoms with Crippen molar-refractivity contribution in [1.82, 2.24) is 0 Å². The Labute approximate surface area is 189 Å². The Kier molecular flexibility index (Phi) is 9.18. The Morgan fingerprint density at radius 1 is 0.742 bits per heavy atom.